The summed E-state index contributed by atoms with van der Waals surface area (Å²) in [5, 5.41) is 1.20. The van der Waals surface area contributed by atoms with E-state index in [1.54, 1.807) is 12.1 Å². The molecule has 0 fully saturated rings. The highest BCUT2D eigenvalue weighted by atomic mass is 79.9. The van der Waals surface area contributed by atoms with Crippen LogP contribution < -0.4 is 11.2 Å². The van der Waals surface area contributed by atoms with Crippen molar-refractivity contribution in [2.24, 2.45) is 0 Å². The van der Waals surface area contributed by atoms with E-state index in [9.17, 15) is 14.4 Å². The lowest BCUT2D eigenvalue weighted by Gasteiger charge is -2.09. The zero-order chi connectivity index (χ0) is 22.0. The molecule has 0 spiro atoms. The monoisotopic (exact) mass is 482 g/mol. The highest BCUT2D eigenvalue weighted by molar-refractivity contribution is 9.10. The molecule has 2 aromatic carbocycles. The minimum atomic E-state index is -0.494. The van der Waals surface area contributed by atoms with Gasteiger partial charge in [-0.25, -0.2) is 9.78 Å². The van der Waals surface area contributed by atoms with Gasteiger partial charge in [-0.05, 0) is 36.2 Å². The molecule has 0 bridgehead atoms. The van der Waals surface area contributed by atoms with Crippen molar-refractivity contribution in [1.82, 2.24) is 9.55 Å². The summed E-state index contributed by atoms with van der Waals surface area (Å²) in [6.07, 6.45) is 2.24. The van der Waals surface area contributed by atoms with Crippen molar-refractivity contribution in [3.8, 4) is 0 Å². The molecule has 0 saturated carbocycles. The number of benzene rings is 2. The summed E-state index contributed by atoms with van der Waals surface area (Å²) < 4.78 is 12.8. The molecule has 8 heteroatoms. The van der Waals surface area contributed by atoms with E-state index in [0.717, 1.165) is 21.8 Å². The van der Waals surface area contributed by atoms with Crippen LogP contribution in [0.3, 0.4) is 0 Å². The van der Waals surface area contributed by atoms with Gasteiger partial charge in [0.1, 0.15) is 12.2 Å². The fraction of sp³-hybridized carbons (Fsp3) is 0.217. The van der Waals surface area contributed by atoms with Gasteiger partial charge in [0.15, 0.2) is 0 Å². The highest BCUT2D eigenvalue weighted by Crippen LogP contribution is 2.20. The average Bonchev–Trinajstić information content (AvgIpc) is 2.76. The number of carbonyl (C=O) groups excluding carboxylic acids is 1. The van der Waals surface area contributed by atoms with Gasteiger partial charge in [-0.2, -0.15) is 0 Å². The van der Waals surface area contributed by atoms with Crippen LogP contribution in [0.1, 0.15) is 24.5 Å². The van der Waals surface area contributed by atoms with Crippen LogP contribution in [0.2, 0.25) is 0 Å². The van der Waals surface area contributed by atoms with Gasteiger partial charge in [0.2, 0.25) is 0 Å². The van der Waals surface area contributed by atoms with Crippen LogP contribution in [0.25, 0.3) is 21.9 Å². The molecule has 31 heavy (non-hydrogen) atoms. The van der Waals surface area contributed by atoms with E-state index < -0.39 is 11.6 Å². The Hall–Kier alpha value is -3.26. The predicted molar refractivity (Wildman–Crippen MR) is 120 cm³/mol. The van der Waals surface area contributed by atoms with Gasteiger partial charge in [0.25, 0.3) is 5.56 Å². The van der Waals surface area contributed by atoms with E-state index in [4.69, 9.17) is 9.15 Å². The maximum absolute atomic E-state index is 12.6. The molecule has 4 aromatic rings. The van der Waals surface area contributed by atoms with Crippen molar-refractivity contribution in [2.45, 2.75) is 32.9 Å². The number of rotatable bonds is 6. The zero-order valence-corrected chi connectivity index (χ0v) is 18.3. The van der Waals surface area contributed by atoms with Gasteiger partial charge in [-0.1, -0.05) is 35.0 Å². The van der Waals surface area contributed by atoms with Crippen molar-refractivity contribution in [2.75, 3.05) is 0 Å². The molecule has 0 radical (unpaired) electrons. The fourth-order valence-electron chi connectivity index (χ4n) is 3.35. The van der Waals surface area contributed by atoms with Crippen LogP contribution in [0.5, 0.6) is 0 Å². The van der Waals surface area contributed by atoms with Gasteiger partial charge >= 0.3 is 11.6 Å². The molecular formula is C23H19BrN2O5. The van der Waals surface area contributed by atoms with Crippen LogP contribution in [-0.4, -0.2) is 15.5 Å². The third-order valence-electron chi connectivity index (χ3n) is 5.03. The molecule has 0 aliphatic rings. The molecule has 0 atom stereocenters. The number of hydrogen-bond acceptors (Lipinski definition) is 6. The predicted octanol–water partition coefficient (Wildman–Crippen LogP) is 3.96. The lowest BCUT2D eigenvalue weighted by Crippen LogP contribution is -2.22. The second-order valence-corrected chi connectivity index (χ2v) is 8.01. The normalized spacial score (nSPS) is 11.2. The first-order chi connectivity index (χ1) is 14.9. The third kappa shape index (κ3) is 4.59. The van der Waals surface area contributed by atoms with Crippen molar-refractivity contribution >= 4 is 43.8 Å². The van der Waals surface area contributed by atoms with Crippen LogP contribution >= 0.6 is 15.9 Å². The van der Waals surface area contributed by atoms with Gasteiger partial charge in [-0.15, -0.1) is 0 Å². The quantitative estimate of drug-likeness (QED) is 0.305. The smallest absolute Gasteiger partial charge is 0.336 e. The van der Waals surface area contributed by atoms with Crippen molar-refractivity contribution in [3.05, 3.63) is 85.2 Å². The Kier molecular flexibility index (Phi) is 5.99. The maximum Gasteiger partial charge on any atom is 0.336 e. The number of aryl methyl sites for hydroxylation is 2. The number of carbonyl (C=O) groups is 1. The Morgan fingerprint density at radius 3 is 2.77 bits per heavy atom. The van der Waals surface area contributed by atoms with Crippen LogP contribution in [0, 0.1) is 0 Å². The van der Waals surface area contributed by atoms with E-state index >= 15 is 0 Å². The molecule has 0 aliphatic heterocycles. The van der Waals surface area contributed by atoms with E-state index in [-0.39, 0.29) is 25.1 Å². The van der Waals surface area contributed by atoms with E-state index in [1.807, 2.05) is 31.2 Å². The maximum atomic E-state index is 12.6. The summed E-state index contributed by atoms with van der Waals surface area (Å²) in [6, 6.07) is 12.2. The minimum Gasteiger partial charge on any atom is -0.461 e. The average molecular weight is 483 g/mol. The van der Waals surface area contributed by atoms with Gasteiger partial charge in [0, 0.05) is 28.0 Å². The molecule has 0 unspecified atom stereocenters. The van der Waals surface area contributed by atoms with Crippen LogP contribution in [0.4, 0.5) is 0 Å². The first kappa shape index (κ1) is 21.0. The van der Waals surface area contributed by atoms with E-state index in [0.29, 0.717) is 22.0 Å². The molecule has 0 aliphatic carbocycles. The molecule has 2 heterocycles. The number of hydrogen-bond donors (Lipinski definition) is 0. The molecular weight excluding hydrogens is 464 g/mol. The summed E-state index contributed by atoms with van der Waals surface area (Å²) in [5.41, 5.74) is 1.97. The lowest BCUT2D eigenvalue weighted by molar-refractivity contribution is -0.145. The number of ether oxygens (including phenoxy) is 1. The number of esters is 1. The van der Waals surface area contributed by atoms with Crippen molar-refractivity contribution in [1.29, 1.82) is 0 Å². The SMILES string of the molecule is CCc1ccc2c(COC(=O)CCn3cnc4ccc(Br)cc4c3=O)cc(=O)oc2c1. The standard InChI is InChI=1S/C23H19BrN2O5/c1-2-14-3-5-17-15(10-22(28)31-20(17)9-14)12-30-21(27)7-8-26-13-25-19-6-4-16(24)11-18(19)23(26)29/h3-6,9-11,13H,2,7-8,12H2,1H3. The van der Waals surface area contributed by atoms with Crippen molar-refractivity contribution in [3.63, 3.8) is 0 Å². The Balaban J connectivity index is 1.46. The second-order valence-electron chi connectivity index (χ2n) is 7.09. The van der Waals surface area contributed by atoms with Gasteiger partial charge < -0.3 is 9.15 Å². The molecule has 0 amide bonds. The molecule has 2 aromatic heterocycles. The van der Waals surface area contributed by atoms with Gasteiger partial charge in [-0.3, -0.25) is 14.2 Å². The summed E-state index contributed by atoms with van der Waals surface area (Å²) in [5.74, 6) is -0.479. The zero-order valence-electron chi connectivity index (χ0n) is 16.8. The molecule has 158 valence electrons. The first-order valence-electron chi connectivity index (χ1n) is 9.80. The largest absolute Gasteiger partial charge is 0.461 e. The molecule has 0 N–H and O–H groups in total. The fourth-order valence-corrected chi connectivity index (χ4v) is 3.71. The van der Waals surface area contributed by atoms with Crippen molar-refractivity contribution < 1.29 is 13.9 Å². The highest BCUT2D eigenvalue weighted by Gasteiger charge is 2.11. The number of aromatic nitrogens is 2. The van der Waals surface area contributed by atoms with E-state index in [2.05, 4.69) is 20.9 Å². The number of halogens is 1. The Morgan fingerprint density at radius 1 is 1.13 bits per heavy atom. The third-order valence-corrected chi connectivity index (χ3v) is 5.53. The molecule has 7 nitrogen and oxygen atoms in total. The summed E-state index contributed by atoms with van der Waals surface area (Å²) in [7, 11) is 0. The molecule has 4 rings (SSSR count). The Labute approximate surface area is 185 Å². The Bertz CT molecular complexity index is 1410. The second kappa shape index (κ2) is 8.85. The number of fused-ring (bicyclic) bond motifs is 2. The van der Waals surface area contributed by atoms with Gasteiger partial charge in [0.05, 0.1) is 23.7 Å². The molecule has 0 saturated heterocycles. The summed E-state index contributed by atoms with van der Waals surface area (Å²) in [4.78, 5) is 41.0. The first-order valence-corrected chi connectivity index (χ1v) is 10.6. The topological polar surface area (TPSA) is 91.4 Å². The Morgan fingerprint density at radius 2 is 1.97 bits per heavy atom. The summed E-state index contributed by atoms with van der Waals surface area (Å²) in [6.45, 7) is 2.11. The summed E-state index contributed by atoms with van der Waals surface area (Å²) >= 11 is 3.35. The van der Waals surface area contributed by atoms with Crippen LogP contribution in [-0.2, 0) is 29.1 Å². The number of nitrogens with zero attached hydrogens (tertiary/aromatic N) is 2. The minimum absolute atomic E-state index is 0.000449. The van der Waals surface area contributed by atoms with E-state index in [1.165, 1.54) is 17.0 Å². The lowest BCUT2D eigenvalue weighted by atomic mass is 10.1. The van der Waals surface area contributed by atoms with Crippen LogP contribution in [0.15, 0.2) is 67.3 Å².